The molecular formula is C19H30N3O2S+. The minimum Gasteiger partial charge on any atom is -0.330 e. The summed E-state index contributed by atoms with van der Waals surface area (Å²) in [6, 6.07) is 9.17. The Labute approximate surface area is 154 Å². The number of thioether (sulfide) groups is 1. The molecule has 0 bridgehead atoms. The smallest absolute Gasteiger partial charge is 0.248 e. The standard InChI is InChI=1S/C19H29N3O2S/c1-14-7-4-5-10-17(14)25-13-19(24)21-20-18(23)11-12-22-15(2)8-6-9-16(22)3/h4-5,7,10,15-16H,6,8-9,11-13H2,1-3H3,(H,20,23)(H,21,24)/p+1/t15-,16+. The lowest BCUT2D eigenvalue weighted by atomic mass is 9.97. The van der Waals surface area contributed by atoms with Crippen molar-refractivity contribution < 1.29 is 14.5 Å². The van der Waals surface area contributed by atoms with Crippen molar-refractivity contribution in [2.45, 2.75) is 63.4 Å². The molecule has 6 heteroatoms. The first kappa shape index (κ1) is 19.8. The van der Waals surface area contributed by atoms with Gasteiger partial charge in [-0.2, -0.15) is 0 Å². The maximum atomic E-state index is 12.0. The lowest BCUT2D eigenvalue weighted by molar-refractivity contribution is -0.950. The number of hydrogen-bond donors (Lipinski definition) is 3. The highest BCUT2D eigenvalue weighted by Gasteiger charge is 2.28. The van der Waals surface area contributed by atoms with Crippen LogP contribution in [-0.2, 0) is 9.59 Å². The van der Waals surface area contributed by atoms with E-state index in [2.05, 4.69) is 24.7 Å². The predicted molar refractivity (Wildman–Crippen MR) is 101 cm³/mol. The van der Waals surface area contributed by atoms with Gasteiger partial charge in [-0.25, -0.2) is 0 Å². The first-order valence-electron chi connectivity index (χ1n) is 9.09. The summed E-state index contributed by atoms with van der Waals surface area (Å²) in [5.74, 6) is -0.0169. The normalized spacial score (nSPS) is 23.1. The fraction of sp³-hybridized carbons (Fsp3) is 0.579. The van der Waals surface area contributed by atoms with Crippen molar-refractivity contribution in [3.8, 4) is 0 Å². The van der Waals surface area contributed by atoms with Crippen LogP contribution in [0.2, 0.25) is 0 Å². The predicted octanol–water partition coefficient (Wildman–Crippen LogP) is 1.47. The molecule has 0 aromatic heterocycles. The first-order chi connectivity index (χ1) is 12.0. The van der Waals surface area contributed by atoms with E-state index in [1.807, 2.05) is 31.2 Å². The molecule has 1 aliphatic heterocycles. The highest BCUT2D eigenvalue weighted by molar-refractivity contribution is 8.00. The summed E-state index contributed by atoms with van der Waals surface area (Å²) in [7, 11) is 0. The van der Waals surface area contributed by atoms with Gasteiger partial charge >= 0.3 is 0 Å². The molecule has 0 saturated carbocycles. The van der Waals surface area contributed by atoms with Crippen molar-refractivity contribution in [3.05, 3.63) is 29.8 Å². The second-order valence-electron chi connectivity index (χ2n) is 6.96. The zero-order chi connectivity index (χ0) is 18.2. The number of carbonyl (C=O) groups excluding carboxylic acids is 2. The van der Waals surface area contributed by atoms with E-state index in [9.17, 15) is 9.59 Å². The maximum Gasteiger partial charge on any atom is 0.248 e. The average molecular weight is 365 g/mol. The Bertz CT molecular complexity index is 584. The number of likely N-dealkylation sites (tertiary alicyclic amines) is 1. The minimum absolute atomic E-state index is 0.119. The van der Waals surface area contributed by atoms with Crippen molar-refractivity contribution in [2.75, 3.05) is 12.3 Å². The molecule has 2 rings (SSSR count). The van der Waals surface area contributed by atoms with Crippen molar-refractivity contribution in [3.63, 3.8) is 0 Å². The van der Waals surface area contributed by atoms with Crippen LogP contribution in [0.25, 0.3) is 0 Å². The number of rotatable bonds is 6. The molecule has 2 amide bonds. The van der Waals surface area contributed by atoms with Crippen molar-refractivity contribution >= 4 is 23.6 Å². The van der Waals surface area contributed by atoms with E-state index in [0.29, 0.717) is 18.5 Å². The van der Waals surface area contributed by atoms with Gasteiger partial charge in [0.2, 0.25) is 11.8 Å². The van der Waals surface area contributed by atoms with Gasteiger partial charge in [-0.3, -0.25) is 20.4 Å². The number of carbonyl (C=O) groups is 2. The molecule has 25 heavy (non-hydrogen) atoms. The summed E-state index contributed by atoms with van der Waals surface area (Å²) in [5, 5.41) is 0. The van der Waals surface area contributed by atoms with E-state index >= 15 is 0 Å². The summed E-state index contributed by atoms with van der Waals surface area (Å²) >= 11 is 1.48. The lowest BCUT2D eigenvalue weighted by Gasteiger charge is -2.35. The molecule has 1 aromatic rings. The molecule has 1 fully saturated rings. The number of nitrogens with one attached hydrogen (secondary N) is 3. The third-order valence-electron chi connectivity index (χ3n) is 4.97. The summed E-state index contributed by atoms with van der Waals surface area (Å²) in [5.41, 5.74) is 6.20. The molecule has 1 saturated heterocycles. The van der Waals surface area contributed by atoms with E-state index in [-0.39, 0.29) is 17.6 Å². The van der Waals surface area contributed by atoms with Crippen molar-refractivity contribution in [1.29, 1.82) is 0 Å². The van der Waals surface area contributed by atoms with E-state index in [0.717, 1.165) is 17.0 Å². The molecule has 3 N–H and O–H groups in total. The zero-order valence-corrected chi connectivity index (χ0v) is 16.2. The number of hydrazine groups is 1. The number of benzene rings is 1. The fourth-order valence-corrected chi connectivity index (χ4v) is 4.27. The number of hydrogen-bond acceptors (Lipinski definition) is 3. The van der Waals surface area contributed by atoms with Gasteiger partial charge in [0.15, 0.2) is 0 Å². The summed E-state index contributed by atoms with van der Waals surface area (Å²) in [4.78, 5) is 26.5. The van der Waals surface area contributed by atoms with E-state index in [4.69, 9.17) is 0 Å². The number of aryl methyl sites for hydroxylation is 1. The van der Waals surface area contributed by atoms with Gasteiger partial charge in [0.1, 0.15) is 0 Å². The molecule has 1 aromatic carbocycles. The number of amides is 2. The van der Waals surface area contributed by atoms with Gasteiger partial charge in [0.05, 0.1) is 30.8 Å². The maximum absolute atomic E-state index is 12.0. The Morgan fingerprint density at radius 3 is 2.44 bits per heavy atom. The van der Waals surface area contributed by atoms with Crippen LogP contribution in [-0.4, -0.2) is 36.2 Å². The molecule has 3 atom stereocenters. The SMILES string of the molecule is Cc1ccccc1SCC(=O)NNC(=O)CC[NH+]1[C@H](C)CCC[C@@H]1C. The third kappa shape index (κ3) is 6.36. The van der Waals surface area contributed by atoms with E-state index < -0.39 is 0 Å². The van der Waals surface area contributed by atoms with Gasteiger partial charge in [-0.05, 0) is 51.7 Å². The van der Waals surface area contributed by atoms with Gasteiger partial charge in [-0.15, -0.1) is 11.8 Å². The van der Waals surface area contributed by atoms with E-state index in [1.165, 1.54) is 35.9 Å². The molecule has 138 valence electrons. The third-order valence-corrected chi connectivity index (χ3v) is 6.15. The Balaban J connectivity index is 1.65. The molecule has 0 spiro atoms. The van der Waals surface area contributed by atoms with Crippen molar-refractivity contribution in [2.24, 2.45) is 0 Å². The molecule has 5 nitrogen and oxygen atoms in total. The van der Waals surface area contributed by atoms with Crippen molar-refractivity contribution in [1.82, 2.24) is 10.9 Å². The Hall–Kier alpha value is -1.53. The average Bonchev–Trinajstić information content (AvgIpc) is 2.59. The zero-order valence-electron chi connectivity index (χ0n) is 15.4. The quantitative estimate of drug-likeness (QED) is 0.529. The topological polar surface area (TPSA) is 62.6 Å². The lowest BCUT2D eigenvalue weighted by Crippen LogP contribution is -3.19. The van der Waals surface area contributed by atoms with Crippen LogP contribution in [0.4, 0.5) is 0 Å². The molecular weight excluding hydrogens is 334 g/mol. The van der Waals surface area contributed by atoms with Crippen LogP contribution in [0.5, 0.6) is 0 Å². The molecule has 0 radical (unpaired) electrons. The van der Waals surface area contributed by atoms with Crippen LogP contribution in [0, 0.1) is 6.92 Å². The largest absolute Gasteiger partial charge is 0.330 e. The minimum atomic E-state index is -0.186. The Kier molecular flexibility index (Phi) is 7.78. The van der Waals surface area contributed by atoms with Crippen LogP contribution in [0.15, 0.2) is 29.2 Å². The molecule has 1 aliphatic rings. The van der Waals surface area contributed by atoms with Crippen LogP contribution < -0.4 is 15.8 Å². The Morgan fingerprint density at radius 2 is 1.76 bits per heavy atom. The second kappa shape index (κ2) is 9.82. The molecule has 1 heterocycles. The van der Waals surface area contributed by atoms with Gasteiger partial charge in [0.25, 0.3) is 0 Å². The van der Waals surface area contributed by atoms with Gasteiger partial charge in [0, 0.05) is 4.90 Å². The van der Waals surface area contributed by atoms with Gasteiger partial charge in [-0.1, -0.05) is 18.2 Å². The van der Waals surface area contributed by atoms with Crippen LogP contribution in [0.3, 0.4) is 0 Å². The van der Waals surface area contributed by atoms with Gasteiger partial charge < -0.3 is 4.90 Å². The van der Waals surface area contributed by atoms with Crippen LogP contribution in [0.1, 0.15) is 45.1 Å². The Morgan fingerprint density at radius 1 is 1.12 bits per heavy atom. The van der Waals surface area contributed by atoms with E-state index in [1.54, 1.807) is 0 Å². The highest BCUT2D eigenvalue weighted by atomic mass is 32.2. The second-order valence-corrected chi connectivity index (χ2v) is 7.98. The fourth-order valence-electron chi connectivity index (χ4n) is 3.44. The number of quaternary nitrogens is 1. The highest BCUT2D eigenvalue weighted by Crippen LogP contribution is 2.21. The number of piperidine rings is 1. The molecule has 1 unspecified atom stereocenters. The molecule has 0 aliphatic carbocycles. The summed E-state index contributed by atoms with van der Waals surface area (Å²) in [6.07, 6.45) is 4.18. The summed E-state index contributed by atoms with van der Waals surface area (Å²) in [6.45, 7) is 7.36. The van der Waals surface area contributed by atoms with Crippen LogP contribution >= 0.6 is 11.8 Å². The first-order valence-corrected chi connectivity index (χ1v) is 10.1. The summed E-state index contributed by atoms with van der Waals surface area (Å²) < 4.78 is 0. The monoisotopic (exact) mass is 364 g/mol.